The maximum absolute atomic E-state index is 11.7. The number of carbonyl (C=O) groups excluding carboxylic acids is 1. The van der Waals surface area contributed by atoms with Crippen molar-refractivity contribution in [3.05, 3.63) is 29.6 Å². The Bertz CT molecular complexity index is 352. The molecule has 0 bridgehead atoms. The van der Waals surface area contributed by atoms with Gasteiger partial charge in [-0.15, -0.1) is 0 Å². The summed E-state index contributed by atoms with van der Waals surface area (Å²) in [5, 5.41) is 5.98. The Kier molecular flexibility index (Phi) is 4.92. The van der Waals surface area contributed by atoms with Gasteiger partial charge in [-0.25, -0.2) is 0 Å². The summed E-state index contributed by atoms with van der Waals surface area (Å²) in [4.78, 5) is 15.8. The van der Waals surface area contributed by atoms with E-state index in [2.05, 4.69) is 22.5 Å². The highest BCUT2D eigenvalue weighted by molar-refractivity contribution is 5.94. The fourth-order valence-electron chi connectivity index (χ4n) is 1.48. The van der Waals surface area contributed by atoms with Gasteiger partial charge in [0.25, 0.3) is 5.91 Å². The van der Waals surface area contributed by atoms with Crippen LogP contribution in [0.15, 0.2) is 18.3 Å². The average Bonchev–Trinajstić information content (AvgIpc) is 2.26. The zero-order valence-corrected chi connectivity index (χ0v) is 10.1. The summed E-state index contributed by atoms with van der Waals surface area (Å²) in [6.45, 7) is 5.55. The van der Waals surface area contributed by atoms with E-state index < -0.39 is 0 Å². The molecule has 1 aromatic heterocycles. The molecule has 1 rings (SSSR count). The summed E-state index contributed by atoms with van der Waals surface area (Å²) in [5.74, 6) is 0.394. The minimum atomic E-state index is -0.0338. The van der Waals surface area contributed by atoms with Crippen molar-refractivity contribution in [2.24, 2.45) is 5.92 Å². The molecule has 0 saturated heterocycles. The summed E-state index contributed by atoms with van der Waals surface area (Å²) in [7, 11) is 1.91. The lowest BCUT2D eigenvalue weighted by Gasteiger charge is -2.11. The number of pyridine rings is 1. The molecule has 1 amide bonds. The summed E-state index contributed by atoms with van der Waals surface area (Å²) >= 11 is 0. The Balaban J connectivity index is 2.47. The standard InChI is InChI=1S/C12H19N3O/c1-9(7-13-3)8-15-12(16)11-4-5-14-10(2)6-11/h4-6,9,13H,7-8H2,1-3H3,(H,15,16). The van der Waals surface area contributed by atoms with Gasteiger partial charge in [0, 0.05) is 24.0 Å². The predicted molar refractivity (Wildman–Crippen MR) is 64.4 cm³/mol. The lowest BCUT2D eigenvalue weighted by molar-refractivity contribution is 0.0948. The first-order valence-electron chi connectivity index (χ1n) is 5.49. The molecule has 0 saturated carbocycles. The number of rotatable bonds is 5. The number of hydrogen-bond acceptors (Lipinski definition) is 3. The Morgan fingerprint density at radius 1 is 1.50 bits per heavy atom. The molecule has 1 unspecified atom stereocenters. The van der Waals surface area contributed by atoms with Crippen molar-refractivity contribution in [1.29, 1.82) is 0 Å². The molecule has 4 nitrogen and oxygen atoms in total. The molecule has 0 aliphatic heterocycles. The molecule has 88 valence electrons. The van der Waals surface area contributed by atoms with Gasteiger partial charge in [0.05, 0.1) is 0 Å². The molecule has 0 radical (unpaired) electrons. The number of nitrogens with zero attached hydrogens (tertiary/aromatic N) is 1. The highest BCUT2D eigenvalue weighted by Gasteiger charge is 2.07. The second kappa shape index (κ2) is 6.23. The fourth-order valence-corrected chi connectivity index (χ4v) is 1.48. The van der Waals surface area contributed by atoms with Crippen molar-refractivity contribution in [2.45, 2.75) is 13.8 Å². The predicted octanol–water partition coefficient (Wildman–Crippen LogP) is 0.975. The molecule has 0 aromatic carbocycles. The van der Waals surface area contributed by atoms with Crippen molar-refractivity contribution < 1.29 is 4.79 Å². The number of amides is 1. The molecule has 2 N–H and O–H groups in total. The second-order valence-corrected chi connectivity index (χ2v) is 4.06. The average molecular weight is 221 g/mol. The summed E-state index contributed by atoms with van der Waals surface area (Å²) in [6, 6.07) is 3.52. The van der Waals surface area contributed by atoms with Gasteiger partial charge in [0.15, 0.2) is 0 Å². The summed E-state index contributed by atoms with van der Waals surface area (Å²) in [6.07, 6.45) is 1.65. The van der Waals surface area contributed by atoms with Crippen LogP contribution in [0.25, 0.3) is 0 Å². The number of nitrogens with one attached hydrogen (secondary N) is 2. The quantitative estimate of drug-likeness (QED) is 0.779. The maximum atomic E-state index is 11.7. The van der Waals surface area contributed by atoms with E-state index in [1.54, 1.807) is 18.3 Å². The normalized spacial score (nSPS) is 12.2. The molecular formula is C12H19N3O. The topological polar surface area (TPSA) is 54.0 Å². The van der Waals surface area contributed by atoms with E-state index in [4.69, 9.17) is 0 Å². The molecule has 16 heavy (non-hydrogen) atoms. The van der Waals surface area contributed by atoms with Gasteiger partial charge in [-0.2, -0.15) is 0 Å². The largest absolute Gasteiger partial charge is 0.352 e. The van der Waals surface area contributed by atoms with Crippen molar-refractivity contribution in [3.8, 4) is 0 Å². The minimum absolute atomic E-state index is 0.0338. The van der Waals surface area contributed by atoms with Crippen molar-refractivity contribution in [1.82, 2.24) is 15.6 Å². The number of aromatic nitrogens is 1. The third-order valence-corrected chi connectivity index (χ3v) is 2.32. The van der Waals surface area contributed by atoms with E-state index in [1.165, 1.54) is 0 Å². The molecule has 1 aromatic rings. The zero-order valence-electron chi connectivity index (χ0n) is 10.1. The highest BCUT2D eigenvalue weighted by atomic mass is 16.1. The Morgan fingerprint density at radius 3 is 2.88 bits per heavy atom. The van der Waals surface area contributed by atoms with Gasteiger partial charge in [0.2, 0.25) is 0 Å². The fraction of sp³-hybridized carbons (Fsp3) is 0.500. The molecule has 0 aliphatic rings. The molecular weight excluding hydrogens is 202 g/mol. The third kappa shape index (κ3) is 3.98. The Hall–Kier alpha value is -1.42. The van der Waals surface area contributed by atoms with Crippen molar-refractivity contribution >= 4 is 5.91 Å². The molecule has 0 spiro atoms. The molecule has 0 fully saturated rings. The van der Waals surface area contributed by atoms with Crippen molar-refractivity contribution in [3.63, 3.8) is 0 Å². The van der Waals surface area contributed by atoms with Crippen LogP contribution in [0.1, 0.15) is 23.0 Å². The van der Waals surface area contributed by atoms with E-state index in [0.717, 1.165) is 12.2 Å². The van der Waals surface area contributed by atoms with Gasteiger partial charge in [-0.05, 0) is 38.6 Å². The van der Waals surface area contributed by atoms with Crippen LogP contribution < -0.4 is 10.6 Å². The SMILES string of the molecule is CNCC(C)CNC(=O)c1ccnc(C)c1. The summed E-state index contributed by atoms with van der Waals surface area (Å²) < 4.78 is 0. The molecule has 1 heterocycles. The van der Waals surface area contributed by atoms with Crippen LogP contribution in [0.4, 0.5) is 0 Å². The van der Waals surface area contributed by atoms with Crippen LogP contribution in [-0.4, -0.2) is 31.0 Å². The van der Waals surface area contributed by atoms with Crippen LogP contribution in [0, 0.1) is 12.8 Å². The van der Waals surface area contributed by atoms with Crippen LogP contribution >= 0.6 is 0 Å². The summed E-state index contributed by atoms with van der Waals surface area (Å²) in [5.41, 5.74) is 1.53. The Morgan fingerprint density at radius 2 is 2.25 bits per heavy atom. The first kappa shape index (κ1) is 12.6. The first-order chi connectivity index (χ1) is 7.63. The van der Waals surface area contributed by atoms with Crippen LogP contribution in [0.2, 0.25) is 0 Å². The highest BCUT2D eigenvalue weighted by Crippen LogP contribution is 2.00. The maximum Gasteiger partial charge on any atom is 0.251 e. The van der Waals surface area contributed by atoms with E-state index >= 15 is 0 Å². The van der Waals surface area contributed by atoms with Gasteiger partial charge >= 0.3 is 0 Å². The van der Waals surface area contributed by atoms with Gasteiger partial charge in [-0.1, -0.05) is 6.92 Å². The molecule has 4 heteroatoms. The second-order valence-electron chi connectivity index (χ2n) is 4.06. The van der Waals surface area contributed by atoms with Crippen molar-refractivity contribution in [2.75, 3.05) is 20.1 Å². The zero-order chi connectivity index (χ0) is 12.0. The first-order valence-corrected chi connectivity index (χ1v) is 5.49. The van der Waals surface area contributed by atoms with Gasteiger partial charge in [-0.3, -0.25) is 9.78 Å². The lowest BCUT2D eigenvalue weighted by Crippen LogP contribution is -2.32. The molecule has 0 aliphatic carbocycles. The lowest BCUT2D eigenvalue weighted by atomic mass is 10.1. The van der Waals surface area contributed by atoms with E-state index in [0.29, 0.717) is 18.0 Å². The molecule has 1 atom stereocenters. The van der Waals surface area contributed by atoms with Gasteiger partial charge < -0.3 is 10.6 Å². The smallest absolute Gasteiger partial charge is 0.251 e. The number of aryl methyl sites for hydroxylation is 1. The number of carbonyl (C=O) groups is 1. The minimum Gasteiger partial charge on any atom is -0.352 e. The van der Waals surface area contributed by atoms with Crippen LogP contribution in [0.3, 0.4) is 0 Å². The van der Waals surface area contributed by atoms with Crippen LogP contribution in [0.5, 0.6) is 0 Å². The van der Waals surface area contributed by atoms with E-state index in [-0.39, 0.29) is 5.91 Å². The third-order valence-electron chi connectivity index (χ3n) is 2.32. The van der Waals surface area contributed by atoms with Gasteiger partial charge in [0.1, 0.15) is 0 Å². The monoisotopic (exact) mass is 221 g/mol. The van der Waals surface area contributed by atoms with E-state index in [9.17, 15) is 4.79 Å². The number of hydrogen-bond donors (Lipinski definition) is 2. The van der Waals surface area contributed by atoms with Crippen LogP contribution in [-0.2, 0) is 0 Å². The Labute approximate surface area is 96.5 Å². The van der Waals surface area contributed by atoms with E-state index in [1.807, 2.05) is 14.0 Å².